The SMILES string of the molecule is CC(C)(C)OC(=O)N1CCN(Cc2ccc(-c3cc(F)c4c(c3)C(=O)N(C(C=O)c3ncn5c3CCC5)C4)cc2)CC1. The summed E-state index contributed by atoms with van der Waals surface area (Å²) in [6.45, 7) is 9.94. The van der Waals surface area contributed by atoms with E-state index in [1.165, 1.54) is 11.0 Å². The Labute approximate surface area is 244 Å². The quantitative estimate of drug-likeness (QED) is 0.401. The van der Waals surface area contributed by atoms with Crippen LogP contribution >= 0.6 is 0 Å². The maximum absolute atomic E-state index is 15.4. The van der Waals surface area contributed by atoms with Gasteiger partial charge in [0.1, 0.15) is 23.7 Å². The molecular weight excluding hydrogens is 537 g/mol. The van der Waals surface area contributed by atoms with Crippen LogP contribution in [0.5, 0.6) is 0 Å². The zero-order chi connectivity index (χ0) is 29.6. The topological polar surface area (TPSA) is 88.0 Å². The fraction of sp³-hybridized carbons (Fsp3) is 0.438. The molecule has 1 aromatic heterocycles. The number of nitrogens with zero attached hydrogens (tertiary/aromatic N) is 5. The van der Waals surface area contributed by atoms with Crippen LogP contribution in [0.4, 0.5) is 9.18 Å². The van der Waals surface area contributed by atoms with Crippen molar-refractivity contribution < 1.29 is 23.5 Å². The summed E-state index contributed by atoms with van der Waals surface area (Å²) in [5.41, 5.74) is 4.18. The zero-order valence-electron chi connectivity index (χ0n) is 24.3. The number of rotatable bonds is 6. The minimum Gasteiger partial charge on any atom is -0.444 e. The second-order valence-corrected chi connectivity index (χ2v) is 12.3. The van der Waals surface area contributed by atoms with E-state index in [2.05, 4.69) is 9.88 Å². The van der Waals surface area contributed by atoms with Gasteiger partial charge in [-0.3, -0.25) is 9.69 Å². The molecule has 4 heterocycles. The highest BCUT2D eigenvalue weighted by Gasteiger charge is 2.38. The highest BCUT2D eigenvalue weighted by molar-refractivity contribution is 6.01. The molecule has 3 aliphatic heterocycles. The van der Waals surface area contributed by atoms with Gasteiger partial charge in [0.05, 0.1) is 18.6 Å². The van der Waals surface area contributed by atoms with E-state index in [0.717, 1.165) is 62.1 Å². The summed E-state index contributed by atoms with van der Waals surface area (Å²) in [5.74, 6) is -0.810. The number of piperazine rings is 1. The fourth-order valence-electron chi connectivity index (χ4n) is 6.09. The van der Waals surface area contributed by atoms with Crippen LogP contribution in [0.1, 0.15) is 66.1 Å². The smallest absolute Gasteiger partial charge is 0.410 e. The first-order valence-electron chi connectivity index (χ1n) is 14.5. The van der Waals surface area contributed by atoms with Gasteiger partial charge in [-0.2, -0.15) is 0 Å². The lowest BCUT2D eigenvalue weighted by atomic mass is 9.99. The van der Waals surface area contributed by atoms with Crippen LogP contribution in [-0.2, 0) is 35.6 Å². The third kappa shape index (κ3) is 5.43. The van der Waals surface area contributed by atoms with Gasteiger partial charge in [0.15, 0.2) is 0 Å². The van der Waals surface area contributed by atoms with Crippen molar-refractivity contribution in [3.63, 3.8) is 0 Å². The lowest BCUT2D eigenvalue weighted by Crippen LogP contribution is -2.49. The molecule has 0 saturated carbocycles. The van der Waals surface area contributed by atoms with Crippen molar-refractivity contribution in [1.82, 2.24) is 24.3 Å². The van der Waals surface area contributed by atoms with Crippen molar-refractivity contribution in [3.05, 3.63) is 76.6 Å². The third-order valence-corrected chi connectivity index (χ3v) is 8.27. The van der Waals surface area contributed by atoms with E-state index in [1.54, 1.807) is 17.3 Å². The largest absolute Gasteiger partial charge is 0.444 e. The number of aromatic nitrogens is 2. The van der Waals surface area contributed by atoms with Crippen LogP contribution in [0, 0.1) is 5.82 Å². The van der Waals surface area contributed by atoms with Gasteiger partial charge in [-0.25, -0.2) is 14.2 Å². The number of hydrogen-bond donors (Lipinski definition) is 0. The van der Waals surface area contributed by atoms with Crippen LogP contribution in [0.15, 0.2) is 42.7 Å². The lowest BCUT2D eigenvalue weighted by molar-refractivity contribution is -0.112. The number of fused-ring (bicyclic) bond motifs is 2. The molecule has 1 fully saturated rings. The molecule has 0 spiro atoms. The Hall–Kier alpha value is -4.05. The van der Waals surface area contributed by atoms with Crippen LogP contribution in [0.3, 0.4) is 0 Å². The molecule has 42 heavy (non-hydrogen) atoms. The summed E-state index contributed by atoms with van der Waals surface area (Å²) >= 11 is 0. The van der Waals surface area contributed by atoms with Crippen molar-refractivity contribution in [2.75, 3.05) is 26.2 Å². The minimum absolute atomic E-state index is 0.0378. The predicted molar refractivity (Wildman–Crippen MR) is 154 cm³/mol. The molecule has 0 radical (unpaired) electrons. The average Bonchev–Trinajstić information content (AvgIpc) is 3.66. The molecule has 3 aromatic rings. The average molecular weight is 574 g/mol. The summed E-state index contributed by atoms with van der Waals surface area (Å²) < 4.78 is 22.9. The van der Waals surface area contributed by atoms with Gasteiger partial charge in [-0.05, 0) is 62.4 Å². The van der Waals surface area contributed by atoms with Gasteiger partial charge in [0.2, 0.25) is 0 Å². The van der Waals surface area contributed by atoms with Crippen molar-refractivity contribution in [2.45, 2.75) is 64.9 Å². The highest BCUT2D eigenvalue weighted by atomic mass is 19.1. The van der Waals surface area contributed by atoms with Crippen molar-refractivity contribution in [1.29, 1.82) is 0 Å². The Morgan fingerprint density at radius 2 is 1.81 bits per heavy atom. The first-order chi connectivity index (χ1) is 20.1. The second-order valence-electron chi connectivity index (χ2n) is 12.3. The van der Waals surface area contributed by atoms with Crippen molar-refractivity contribution in [2.24, 2.45) is 0 Å². The summed E-state index contributed by atoms with van der Waals surface area (Å²) in [4.78, 5) is 47.9. The molecule has 1 saturated heterocycles. The molecule has 0 N–H and O–H groups in total. The van der Waals surface area contributed by atoms with E-state index in [4.69, 9.17) is 4.74 Å². The molecule has 1 atom stereocenters. The Morgan fingerprint density at radius 1 is 1.07 bits per heavy atom. The van der Waals surface area contributed by atoms with Crippen LogP contribution in [-0.4, -0.2) is 74.3 Å². The van der Waals surface area contributed by atoms with Gasteiger partial charge < -0.3 is 23.9 Å². The predicted octanol–water partition coefficient (Wildman–Crippen LogP) is 4.58. The van der Waals surface area contributed by atoms with E-state index in [9.17, 15) is 14.4 Å². The second kappa shape index (κ2) is 11.0. The monoisotopic (exact) mass is 573 g/mol. The van der Waals surface area contributed by atoms with Crippen LogP contribution in [0.25, 0.3) is 11.1 Å². The Kier molecular flexibility index (Phi) is 7.34. The van der Waals surface area contributed by atoms with E-state index >= 15 is 4.39 Å². The third-order valence-electron chi connectivity index (χ3n) is 8.27. The molecule has 2 amide bonds. The number of imidazole rings is 1. The standard InChI is InChI=1S/C32H36FN5O4/c1-32(2,3)42-31(41)36-13-11-35(12-14-36)17-21-6-8-22(9-7-21)23-15-24-25(26(33)16-23)18-38(30(24)40)28(19-39)29-27-5-4-10-37(27)20-34-29/h6-9,15-16,19-20,28H,4-5,10-14,17-18H2,1-3H3. The summed E-state index contributed by atoms with van der Waals surface area (Å²) in [7, 11) is 0. The number of hydrogen-bond acceptors (Lipinski definition) is 6. The molecule has 220 valence electrons. The van der Waals surface area contributed by atoms with Crippen molar-refractivity contribution in [3.8, 4) is 11.1 Å². The number of carbonyl (C=O) groups excluding carboxylic acids is 3. The van der Waals surface area contributed by atoms with E-state index in [-0.39, 0.29) is 18.5 Å². The number of aryl methyl sites for hydroxylation is 1. The molecule has 0 aliphatic carbocycles. The summed E-state index contributed by atoms with van der Waals surface area (Å²) in [6, 6.07) is 10.2. The first-order valence-corrected chi connectivity index (χ1v) is 14.5. The van der Waals surface area contributed by atoms with Crippen molar-refractivity contribution >= 4 is 18.3 Å². The Bertz CT molecular complexity index is 1520. The Morgan fingerprint density at radius 3 is 2.50 bits per heavy atom. The number of aldehydes is 1. The van der Waals surface area contributed by atoms with Gasteiger partial charge in [-0.15, -0.1) is 0 Å². The summed E-state index contributed by atoms with van der Waals surface area (Å²) in [5, 5.41) is 0. The first kappa shape index (κ1) is 28.1. The Balaban J connectivity index is 1.12. The lowest BCUT2D eigenvalue weighted by Gasteiger charge is -2.35. The van der Waals surface area contributed by atoms with E-state index < -0.39 is 17.5 Å². The molecular formula is C32H36FN5O4. The molecule has 2 aromatic carbocycles. The zero-order valence-corrected chi connectivity index (χ0v) is 24.3. The molecule has 10 heteroatoms. The maximum atomic E-state index is 15.4. The number of benzene rings is 2. The van der Waals surface area contributed by atoms with Crippen LogP contribution in [0.2, 0.25) is 0 Å². The number of halogens is 1. The fourth-order valence-corrected chi connectivity index (χ4v) is 6.09. The minimum atomic E-state index is -0.840. The van der Waals surface area contributed by atoms with E-state index in [1.807, 2.05) is 49.6 Å². The molecule has 0 bridgehead atoms. The highest BCUT2D eigenvalue weighted by Crippen LogP contribution is 2.36. The van der Waals surface area contributed by atoms with Gasteiger partial charge >= 0.3 is 6.09 Å². The summed E-state index contributed by atoms with van der Waals surface area (Å²) in [6.07, 6.45) is 3.97. The molecule has 3 aliphatic rings. The van der Waals surface area contributed by atoms with Gasteiger partial charge in [0.25, 0.3) is 5.91 Å². The van der Waals surface area contributed by atoms with Crippen LogP contribution < -0.4 is 0 Å². The number of ether oxygens (including phenoxy) is 1. The number of carbonyl (C=O) groups is 3. The molecule has 6 rings (SSSR count). The number of amides is 2. The maximum Gasteiger partial charge on any atom is 0.410 e. The molecule has 1 unspecified atom stereocenters. The normalized spacial score (nSPS) is 17.8. The molecule has 9 nitrogen and oxygen atoms in total. The van der Waals surface area contributed by atoms with E-state index in [0.29, 0.717) is 35.5 Å². The van der Waals surface area contributed by atoms with Gasteiger partial charge in [-0.1, -0.05) is 24.3 Å². The van der Waals surface area contributed by atoms with Gasteiger partial charge in [0, 0.05) is 56.1 Å².